The number of benzene rings is 1. The monoisotopic (exact) mass is 444 g/mol. The summed E-state index contributed by atoms with van der Waals surface area (Å²) in [5, 5.41) is 0. The second-order valence-electron chi connectivity index (χ2n) is 8.29. The lowest BCUT2D eigenvalue weighted by atomic mass is 10.0. The predicted molar refractivity (Wildman–Crippen MR) is 122 cm³/mol. The number of rotatable bonds is 7. The third-order valence-corrected chi connectivity index (χ3v) is 8.31. The van der Waals surface area contributed by atoms with E-state index in [0.717, 1.165) is 62.5 Å². The number of hydrogen-bond acceptors (Lipinski definition) is 6. The van der Waals surface area contributed by atoms with E-state index in [9.17, 15) is 8.42 Å². The fourth-order valence-corrected chi connectivity index (χ4v) is 6.06. The number of ether oxygens (including phenoxy) is 1. The third-order valence-electron chi connectivity index (χ3n) is 6.43. The van der Waals surface area contributed by atoms with E-state index < -0.39 is 10.0 Å². The molecule has 2 aliphatic heterocycles. The summed E-state index contributed by atoms with van der Waals surface area (Å²) in [5.41, 5.74) is 3.35. The first-order valence-corrected chi connectivity index (χ1v) is 12.8. The van der Waals surface area contributed by atoms with Crippen molar-refractivity contribution in [2.24, 2.45) is 0 Å². The Morgan fingerprint density at radius 2 is 1.97 bits per heavy atom. The molecule has 3 heterocycles. The average Bonchev–Trinajstić information content (AvgIpc) is 3.29. The van der Waals surface area contributed by atoms with E-state index in [2.05, 4.69) is 11.0 Å². The van der Waals surface area contributed by atoms with Gasteiger partial charge in [0.15, 0.2) is 0 Å². The number of nitrogens with zero attached hydrogens (tertiary/aromatic N) is 4. The van der Waals surface area contributed by atoms with Gasteiger partial charge < -0.3 is 9.64 Å². The fourth-order valence-electron chi connectivity index (χ4n) is 4.74. The van der Waals surface area contributed by atoms with Gasteiger partial charge >= 0.3 is 0 Å². The Labute approximate surface area is 185 Å². The highest BCUT2D eigenvalue weighted by Gasteiger charge is 2.37. The van der Waals surface area contributed by atoms with E-state index in [0.29, 0.717) is 12.4 Å². The van der Waals surface area contributed by atoms with Gasteiger partial charge in [-0.1, -0.05) is 18.2 Å². The molecule has 0 bridgehead atoms. The van der Waals surface area contributed by atoms with Gasteiger partial charge in [-0.05, 0) is 57.6 Å². The second-order valence-corrected chi connectivity index (χ2v) is 10.5. The van der Waals surface area contributed by atoms with Crippen LogP contribution >= 0.6 is 0 Å². The van der Waals surface area contributed by atoms with E-state index in [4.69, 9.17) is 14.7 Å². The van der Waals surface area contributed by atoms with Crippen molar-refractivity contribution in [1.82, 2.24) is 14.3 Å². The Balaban J connectivity index is 1.62. The molecule has 0 spiro atoms. The molecule has 1 saturated heterocycles. The molecular weight excluding hydrogens is 412 g/mol. The van der Waals surface area contributed by atoms with Crippen molar-refractivity contribution < 1.29 is 13.2 Å². The minimum atomic E-state index is -3.27. The van der Waals surface area contributed by atoms with E-state index in [-0.39, 0.29) is 11.8 Å². The van der Waals surface area contributed by atoms with Crippen molar-refractivity contribution in [2.75, 3.05) is 37.4 Å². The molecular formula is C23H32N4O3S. The number of methoxy groups -OCH3 is 1. The zero-order valence-corrected chi connectivity index (χ0v) is 19.5. The van der Waals surface area contributed by atoms with Crippen molar-refractivity contribution in [3.63, 3.8) is 0 Å². The van der Waals surface area contributed by atoms with Crippen molar-refractivity contribution in [3.05, 3.63) is 46.9 Å². The van der Waals surface area contributed by atoms with Gasteiger partial charge in [-0.3, -0.25) is 0 Å². The SMILES string of the molecule is CCS(=O)(=O)N1CCCC1c1nc(C)c2c(n1)N(CCc1ccccc1OC)CCC2. The van der Waals surface area contributed by atoms with Crippen LogP contribution in [0.2, 0.25) is 0 Å². The second kappa shape index (κ2) is 9.12. The quantitative estimate of drug-likeness (QED) is 0.652. The zero-order chi connectivity index (χ0) is 22.0. The zero-order valence-electron chi connectivity index (χ0n) is 18.7. The smallest absolute Gasteiger partial charge is 0.214 e. The van der Waals surface area contributed by atoms with Crippen LogP contribution in [-0.4, -0.2) is 55.2 Å². The summed E-state index contributed by atoms with van der Waals surface area (Å²) in [7, 11) is -1.57. The van der Waals surface area contributed by atoms with Crippen LogP contribution in [0, 0.1) is 6.92 Å². The molecule has 0 amide bonds. The number of anilines is 1. The lowest BCUT2D eigenvalue weighted by Gasteiger charge is -2.32. The van der Waals surface area contributed by atoms with Crippen LogP contribution in [0.5, 0.6) is 5.75 Å². The molecule has 8 heteroatoms. The van der Waals surface area contributed by atoms with Crippen LogP contribution in [0.15, 0.2) is 24.3 Å². The molecule has 0 radical (unpaired) electrons. The van der Waals surface area contributed by atoms with Crippen molar-refractivity contribution in [1.29, 1.82) is 0 Å². The number of aryl methyl sites for hydroxylation is 1. The largest absolute Gasteiger partial charge is 0.496 e. The summed E-state index contributed by atoms with van der Waals surface area (Å²) in [4.78, 5) is 12.1. The van der Waals surface area contributed by atoms with Crippen LogP contribution in [0.4, 0.5) is 5.82 Å². The van der Waals surface area contributed by atoms with Crippen LogP contribution in [-0.2, 0) is 22.9 Å². The number of aromatic nitrogens is 2. The highest BCUT2D eigenvalue weighted by molar-refractivity contribution is 7.89. The van der Waals surface area contributed by atoms with Crippen molar-refractivity contribution in [3.8, 4) is 5.75 Å². The van der Waals surface area contributed by atoms with Gasteiger partial charge in [-0.2, -0.15) is 4.31 Å². The summed E-state index contributed by atoms with van der Waals surface area (Å²) in [6, 6.07) is 7.86. The molecule has 7 nitrogen and oxygen atoms in total. The first-order valence-electron chi connectivity index (χ1n) is 11.2. The molecule has 1 aromatic carbocycles. The van der Waals surface area contributed by atoms with Crippen molar-refractivity contribution >= 4 is 15.8 Å². The highest BCUT2D eigenvalue weighted by atomic mass is 32.2. The maximum atomic E-state index is 12.6. The predicted octanol–water partition coefficient (Wildman–Crippen LogP) is 3.28. The Hall–Kier alpha value is -2.19. The minimum absolute atomic E-state index is 0.110. The fraction of sp³-hybridized carbons (Fsp3) is 0.565. The molecule has 0 aliphatic carbocycles. The molecule has 1 aromatic heterocycles. The standard InChI is InChI=1S/C23H32N4O3S/c1-4-31(28,29)27-15-8-11-20(27)22-24-17(2)19-10-7-14-26(23(19)25-22)16-13-18-9-5-6-12-21(18)30-3/h5-6,9,12,20H,4,7-8,10-11,13-16H2,1-3H3. The average molecular weight is 445 g/mol. The maximum absolute atomic E-state index is 12.6. The van der Waals surface area contributed by atoms with Gasteiger partial charge in [0.2, 0.25) is 10.0 Å². The van der Waals surface area contributed by atoms with Crippen molar-refractivity contribution in [2.45, 2.75) is 52.0 Å². The van der Waals surface area contributed by atoms with E-state index in [1.54, 1.807) is 18.3 Å². The molecule has 168 valence electrons. The Bertz CT molecular complexity index is 1040. The van der Waals surface area contributed by atoms with Gasteiger partial charge in [0, 0.05) is 30.9 Å². The summed E-state index contributed by atoms with van der Waals surface area (Å²) in [6.45, 7) is 6.06. The van der Waals surface area contributed by atoms with Crippen LogP contribution in [0.25, 0.3) is 0 Å². The topological polar surface area (TPSA) is 75.6 Å². The lowest BCUT2D eigenvalue weighted by Crippen LogP contribution is -2.35. The molecule has 0 saturated carbocycles. The van der Waals surface area contributed by atoms with Gasteiger partial charge in [-0.15, -0.1) is 0 Å². The molecule has 1 unspecified atom stereocenters. The highest BCUT2D eigenvalue weighted by Crippen LogP contribution is 2.36. The normalized spacial score (nSPS) is 19.5. The maximum Gasteiger partial charge on any atom is 0.214 e. The van der Waals surface area contributed by atoms with Crippen LogP contribution < -0.4 is 9.64 Å². The third kappa shape index (κ3) is 4.41. The molecule has 1 fully saturated rings. The summed E-state index contributed by atoms with van der Waals surface area (Å²) < 4.78 is 32.3. The minimum Gasteiger partial charge on any atom is -0.496 e. The summed E-state index contributed by atoms with van der Waals surface area (Å²) >= 11 is 0. The summed E-state index contributed by atoms with van der Waals surface area (Å²) in [6.07, 6.45) is 4.53. The van der Waals surface area contributed by atoms with Crippen LogP contribution in [0.1, 0.15) is 54.9 Å². The molecule has 0 N–H and O–H groups in total. The molecule has 2 aliphatic rings. The Kier molecular flexibility index (Phi) is 6.48. The summed E-state index contributed by atoms with van der Waals surface area (Å²) in [5.74, 6) is 2.64. The van der Waals surface area contributed by atoms with Gasteiger partial charge in [0.1, 0.15) is 17.4 Å². The van der Waals surface area contributed by atoms with E-state index >= 15 is 0 Å². The van der Waals surface area contributed by atoms with Gasteiger partial charge in [0.25, 0.3) is 0 Å². The van der Waals surface area contributed by atoms with E-state index in [1.807, 2.05) is 25.1 Å². The van der Waals surface area contributed by atoms with Crippen LogP contribution in [0.3, 0.4) is 0 Å². The molecule has 1 atom stereocenters. The molecule has 2 aromatic rings. The first kappa shape index (κ1) is 22.0. The van der Waals surface area contributed by atoms with E-state index in [1.165, 1.54) is 11.1 Å². The number of sulfonamides is 1. The lowest BCUT2D eigenvalue weighted by molar-refractivity contribution is 0.383. The first-order chi connectivity index (χ1) is 14.9. The van der Waals surface area contributed by atoms with Gasteiger partial charge in [0.05, 0.1) is 18.9 Å². The molecule has 4 rings (SSSR count). The number of para-hydroxylation sites is 1. The molecule has 31 heavy (non-hydrogen) atoms. The number of hydrogen-bond donors (Lipinski definition) is 0. The Morgan fingerprint density at radius 3 is 2.74 bits per heavy atom. The van der Waals surface area contributed by atoms with Gasteiger partial charge in [-0.25, -0.2) is 18.4 Å². The number of fused-ring (bicyclic) bond motifs is 1. The Morgan fingerprint density at radius 1 is 1.16 bits per heavy atom.